The molecule has 2 atom stereocenters. The first-order valence-corrected chi connectivity index (χ1v) is 7.73. The molecule has 0 spiro atoms. The fraction of sp³-hybridized carbons (Fsp3) is 0.714. The van der Waals surface area contributed by atoms with Crippen LogP contribution < -0.4 is 5.73 Å². The highest BCUT2D eigenvalue weighted by Crippen LogP contribution is 2.35. The molecule has 2 N–H and O–H groups in total. The van der Waals surface area contributed by atoms with Gasteiger partial charge in [0.2, 0.25) is 5.91 Å². The minimum absolute atomic E-state index is 0.0419. The van der Waals surface area contributed by atoms with Gasteiger partial charge in [0.15, 0.2) is 0 Å². The van der Waals surface area contributed by atoms with E-state index in [1.807, 2.05) is 4.90 Å². The van der Waals surface area contributed by atoms with Crippen molar-refractivity contribution in [3.63, 3.8) is 0 Å². The van der Waals surface area contributed by atoms with Crippen LogP contribution in [-0.4, -0.2) is 28.4 Å². The molecule has 2 rings (SSSR count). The molecule has 2 unspecified atom stereocenters. The maximum absolute atomic E-state index is 12.0. The van der Waals surface area contributed by atoms with Crippen LogP contribution in [0, 0.1) is 0 Å². The normalized spacial score (nSPS) is 24.3. The van der Waals surface area contributed by atoms with Crippen LogP contribution in [0.2, 0.25) is 0 Å². The molecule has 0 aliphatic carbocycles. The summed E-state index contributed by atoms with van der Waals surface area (Å²) in [5.41, 5.74) is 7.15. The number of amides is 1. The molecule has 1 aliphatic heterocycles. The van der Waals surface area contributed by atoms with Gasteiger partial charge in [0.25, 0.3) is 0 Å². The Balaban J connectivity index is 2.28. The van der Waals surface area contributed by atoms with Crippen LogP contribution in [0.5, 0.6) is 0 Å². The van der Waals surface area contributed by atoms with Gasteiger partial charge in [-0.25, -0.2) is 4.98 Å². The monoisotopic (exact) mass is 281 g/mol. The molecule has 1 aromatic rings. The Labute approximate surface area is 119 Å². The summed E-state index contributed by atoms with van der Waals surface area (Å²) < 4.78 is 0. The van der Waals surface area contributed by atoms with Gasteiger partial charge in [0, 0.05) is 29.8 Å². The van der Waals surface area contributed by atoms with Crippen LogP contribution in [0.25, 0.3) is 0 Å². The second-order valence-electron chi connectivity index (χ2n) is 6.23. The van der Waals surface area contributed by atoms with Gasteiger partial charge < -0.3 is 10.6 Å². The SMILES string of the molecule is CCCN1C(=O)CC(N)C1c1csc(C(C)(C)C)n1. The molecule has 1 amide bonds. The Morgan fingerprint density at radius 1 is 1.53 bits per heavy atom. The van der Waals surface area contributed by atoms with Crippen molar-refractivity contribution >= 4 is 17.2 Å². The Hall–Kier alpha value is -0.940. The van der Waals surface area contributed by atoms with E-state index in [4.69, 9.17) is 10.7 Å². The second kappa shape index (κ2) is 5.21. The summed E-state index contributed by atoms with van der Waals surface area (Å²) >= 11 is 1.66. The lowest BCUT2D eigenvalue weighted by Crippen LogP contribution is -2.34. The van der Waals surface area contributed by atoms with E-state index in [9.17, 15) is 4.79 Å². The van der Waals surface area contributed by atoms with Crippen LogP contribution in [0.4, 0.5) is 0 Å². The lowest BCUT2D eigenvalue weighted by atomic mass is 9.98. The number of rotatable bonds is 3. The highest BCUT2D eigenvalue weighted by Gasteiger charge is 2.39. The minimum atomic E-state index is -0.131. The summed E-state index contributed by atoms with van der Waals surface area (Å²) in [4.78, 5) is 18.6. The van der Waals surface area contributed by atoms with Crippen LogP contribution in [0.1, 0.15) is 57.3 Å². The van der Waals surface area contributed by atoms with E-state index >= 15 is 0 Å². The number of hydrogen-bond donors (Lipinski definition) is 1. The van der Waals surface area contributed by atoms with Crippen LogP contribution in [0.15, 0.2) is 5.38 Å². The van der Waals surface area contributed by atoms with E-state index in [0.717, 1.165) is 23.7 Å². The quantitative estimate of drug-likeness (QED) is 0.926. The zero-order valence-corrected chi connectivity index (χ0v) is 13.0. The highest BCUT2D eigenvalue weighted by atomic mass is 32.1. The van der Waals surface area contributed by atoms with Gasteiger partial charge in [0.05, 0.1) is 16.7 Å². The van der Waals surface area contributed by atoms with Gasteiger partial charge in [0.1, 0.15) is 0 Å². The number of carbonyl (C=O) groups excluding carboxylic acids is 1. The fourth-order valence-electron chi connectivity index (χ4n) is 2.47. The Kier molecular flexibility index (Phi) is 3.97. The summed E-state index contributed by atoms with van der Waals surface area (Å²) in [6.45, 7) is 9.30. The molecule has 106 valence electrons. The summed E-state index contributed by atoms with van der Waals surface area (Å²) in [5.74, 6) is 0.157. The summed E-state index contributed by atoms with van der Waals surface area (Å²) in [6, 6.07) is -0.172. The maximum atomic E-state index is 12.0. The number of nitrogens with two attached hydrogens (primary N) is 1. The minimum Gasteiger partial charge on any atom is -0.332 e. The summed E-state index contributed by atoms with van der Waals surface area (Å²) in [5, 5.41) is 3.16. The van der Waals surface area contributed by atoms with Crippen molar-refractivity contribution in [3.8, 4) is 0 Å². The average Bonchev–Trinajstić information content (AvgIpc) is 2.85. The second-order valence-corrected chi connectivity index (χ2v) is 7.09. The summed E-state index contributed by atoms with van der Waals surface area (Å²) in [7, 11) is 0. The maximum Gasteiger partial charge on any atom is 0.224 e. The van der Waals surface area contributed by atoms with Crippen molar-refractivity contribution < 1.29 is 4.79 Å². The molecule has 1 fully saturated rings. The van der Waals surface area contributed by atoms with E-state index in [2.05, 4.69) is 33.1 Å². The Bertz CT molecular complexity index is 464. The van der Waals surface area contributed by atoms with E-state index in [-0.39, 0.29) is 23.4 Å². The molecular weight excluding hydrogens is 258 g/mol. The number of nitrogens with zero attached hydrogens (tertiary/aromatic N) is 2. The van der Waals surface area contributed by atoms with Crippen LogP contribution >= 0.6 is 11.3 Å². The third-order valence-electron chi connectivity index (χ3n) is 3.40. The molecule has 1 aliphatic rings. The van der Waals surface area contributed by atoms with Crippen LogP contribution in [0.3, 0.4) is 0 Å². The molecular formula is C14H23N3OS. The predicted molar refractivity (Wildman–Crippen MR) is 78.2 cm³/mol. The predicted octanol–water partition coefficient (Wildman–Crippen LogP) is 2.45. The molecule has 4 nitrogen and oxygen atoms in total. The van der Waals surface area contributed by atoms with Crippen molar-refractivity contribution in [1.29, 1.82) is 0 Å². The van der Waals surface area contributed by atoms with Gasteiger partial charge in [-0.05, 0) is 6.42 Å². The molecule has 19 heavy (non-hydrogen) atoms. The Morgan fingerprint density at radius 2 is 2.21 bits per heavy atom. The van der Waals surface area contributed by atoms with Gasteiger partial charge in [-0.15, -0.1) is 11.3 Å². The number of carbonyl (C=O) groups is 1. The number of thiazole rings is 1. The van der Waals surface area contributed by atoms with E-state index in [1.165, 1.54) is 0 Å². The molecule has 2 heterocycles. The average molecular weight is 281 g/mol. The lowest BCUT2D eigenvalue weighted by molar-refractivity contribution is -0.129. The third-order valence-corrected chi connectivity index (χ3v) is 4.69. The zero-order valence-electron chi connectivity index (χ0n) is 12.1. The van der Waals surface area contributed by atoms with Crippen molar-refractivity contribution in [2.75, 3.05) is 6.54 Å². The van der Waals surface area contributed by atoms with E-state index < -0.39 is 0 Å². The van der Waals surface area contributed by atoms with Crippen molar-refractivity contribution in [2.24, 2.45) is 5.73 Å². The molecule has 0 radical (unpaired) electrons. The topological polar surface area (TPSA) is 59.2 Å². The van der Waals surface area contributed by atoms with Gasteiger partial charge in [-0.1, -0.05) is 27.7 Å². The lowest BCUT2D eigenvalue weighted by Gasteiger charge is -2.25. The fourth-order valence-corrected chi connectivity index (χ4v) is 3.40. The highest BCUT2D eigenvalue weighted by molar-refractivity contribution is 7.09. The first-order valence-electron chi connectivity index (χ1n) is 6.85. The number of hydrogen-bond acceptors (Lipinski definition) is 4. The van der Waals surface area contributed by atoms with Crippen LogP contribution in [-0.2, 0) is 10.2 Å². The Morgan fingerprint density at radius 3 is 2.74 bits per heavy atom. The van der Waals surface area contributed by atoms with Crippen molar-refractivity contribution in [2.45, 2.75) is 58.0 Å². The summed E-state index contributed by atoms with van der Waals surface area (Å²) in [6.07, 6.45) is 1.39. The molecule has 1 saturated heterocycles. The van der Waals surface area contributed by atoms with Gasteiger partial charge >= 0.3 is 0 Å². The molecule has 0 aromatic carbocycles. The van der Waals surface area contributed by atoms with Crippen molar-refractivity contribution in [3.05, 3.63) is 16.1 Å². The van der Waals surface area contributed by atoms with E-state index in [1.54, 1.807) is 11.3 Å². The number of aromatic nitrogens is 1. The van der Waals surface area contributed by atoms with Crippen molar-refractivity contribution in [1.82, 2.24) is 9.88 Å². The molecule has 1 aromatic heterocycles. The zero-order chi connectivity index (χ0) is 14.2. The molecule has 0 bridgehead atoms. The van der Waals surface area contributed by atoms with Gasteiger partial charge in [-0.2, -0.15) is 0 Å². The first-order chi connectivity index (χ1) is 8.84. The van der Waals surface area contributed by atoms with Gasteiger partial charge in [-0.3, -0.25) is 4.79 Å². The molecule has 5 heteroatoms. The standard InChI is InChI=1S/C14H23N3OS/c1-5-6-17-11(18)7-9(15)12(17)10-8-19-13(16-10)14(2,3)4/h8-9,12H,5-7,15H2,1-4H3. The first kappa shape index (κ1) is 14.5. The van der Waals surface area contributed by atoms with E-state index in [0.29, 0.717) is 6.42 Å². The smallest absolute Gasteiger partial charge is 0.224 e. The molecule has 0 saturated carbocycles. The largest absolute Gasteiger partial charge is 0.332 e. The third kappa shape index (κ3) is 2.82. The number of likely N-dealkylation sites (tertiary alicyclic amines) is 1.